The van der Waals surface area contributed by atoms with Crippen molar-refractivity contribution in [3.8, 4) is 28.7 Å². The van der Waals surface area contributed by atoms with E-state index in [4.69, 9.17) is 14.2 Å². The number of pyridine rings is 1. The van der Waals surface area contributed by atoms with E-state index in [-0.39, 0.29) is 12.2 Å². The average Bonchev–Trinajstić information content (AvgIpc) is 3.20. The van der Waals surface area contributed by atoms with Crippen LogP contribution in [0, 0.1) is 6.92 Å². The highest BCUT2D eigenvalue weighted by Gasteiger charge is 2.22. The van der Waals surface area contributed by atoms with E-state index in [1.54, 1.807) is 74.2 Å². The molecule has 0 saturated carbocycles. The Hall–Kier alpha value is -5.09. The number of ether oxygens (including phenoxy) is 3. The normalized spacial score (nSPS) is 11.7. The summed E-state index contributed by atoms with van der Waals surface area (Å²) in [5.74, 6) is 1.54. The van der Waals surface area contributed by atoms with Crippen molar-refractivity contribution in [1.82, 2.24) is 14.3 Å². The van der Waals surface area contributed by atoms with Crippen LogP contribution >= 0.6 is 0 Å². The van der Waals surface area contributed by atoms with Gasteiger partial charge in [0.1, 0.15) is 23.7 Å². The van der Waals surface area contributed by atoms with Gasteiger partial charge in [-0.25, -0.2) is 4.68 Å². The number of methoxy groups -OCH3 is 1. The number of benzene rings is 3. The Bertz CT molecular complexity index is 1760. The van der Waals surface area contributed by atoms with Crippen molar-refractivity contribution in [3.05, 3.63) is 101 Å². The van der Waals surface area contributed by atoms with Gasteiger partial charge in [-0.05, 0) is 62.4 Å². The number of fused-ring (bicyclic) bond motifs is 1. The molecule has 5 aromatic rings. The molecule has 0 aliphatic carbocycles. The Morgan fingerprint density at radius 3 is 2.44 bits per heavy atom. The third-order valence-electron chi connectivity index (χ3n) is 6.59. The highest BCUT2D eigenvalue weighted by molar-refractivity contribution is 6.05. The van der Waals surface area contributed by atoms with Crippen LogP contribution in [0.2, 0.25) is 0 Å². The van der Waals surface area contributed by atoms with E-state index >= 15 is 0 Å². The molecule has 0 fully saturated rings. The zero-order valence-corrected chi connectivity index (χ0v) is 23.1. The molecule has 5 rings (SSSR count). The quantitative estimate of drug-likeness (QED) is 0.268. The number of anilines is 1. The van der Waals surface area contributed by atoms with Crippen LogP contribution in [0.5, 0.6) is 23.0 Å². The van der Waals surface area contributed by atoms with Crippen LogP contribution in [0.4, 0.5) is 5.69 Å². The van der Waals surface area contributed by atoms with Crippen molar-refractivity contribution in [2.75, 3.05) is 19.0 Å². The molecular formula is C31H30N4O6. The maximum atomic E-state index is 13.2. The second-order valence-corrected chi connectivity index (χ2v) is 9.51. The van der Waals surface area contributed by atoms with Crippen molar-refractivity contribution in [1.29, 1.82) is 0 Å². The molecule has 2 aromatic heterocycles. The summed E-state index contributed by atoms with van der Waals surface area (Å²) in [5, 5.41) is 13.1. The fourth-order valence-electron chi connectivity index (χ4n) is 4.46. The lowest BCUT2D eigenvalue weighted by atomic mass is 10.1. The van der Waals surface area contributed by atoms with Crippen molar-refractivity contribution < 1.29 is 24.1 Å². The van der Waals surface area contributed by atoms with Crippen LogP contribution in [0.15, 0.2) is 83.8 Å². The molecule has 0 saturated heterocycles. The van der Waals surface area contributed by atoms with Gasteiger partial charge < -0.3 is 24.6 Å². The maximum Gasteiger partial charge on any atom is 0.284 e. The van der Waals surface area contributed by atoms with Gasteiger partial charge in [-0.15, -0.1) is 0 Å². The molecule has 2 N–H and O–H groups in total. The largest absolute Gasteiger partial charge is 0.493 e. The van der Waals surface area contributed by atoms with E-state index in [9.17, 15) is 14.7 Å². The molecule has 41 heavy (non-hydrogen) atoms. The summed E-state index contributed by atoms with van der Waals surface area (Å²) < 4.78 is 20.4. The lowest BCUT2D eigenvalue weighted by Gasteiger charge is -2.15. The van der Waals surface area contributed by atoms with Gasteiger partial charge in [-0.1, -0.05) is 18.2 Å². The SMILES string of the molecule is COc1cc2c(Oc3ccc(NC(=O)c4c(C)n(C)n(-c5ccccc5)c4=O)cc3)ccnc2cc1OC[C@H](C)O. The number of amides is 1. The van der Waals surface area contributed by atoms with Gasteiger partial charge in [0, 0.05) is 30.4 Å². The molecule has 1 atom stereocenters. The molecule has 0 radical (unpaired) electrons. The summed E-state index contributed by atoms with van der Waals surface area (Å²) >= 11 is 0. The molecule has 0 aliphatic rings. The number of carbonyl (C=O) groups is 1. The zero-order valence-electron chi connectivity index (χ0n) is 23.1. The van der Waals surface area contributed by atoms with Crippen molar-refractivity contribution in [3.63, 3.8) is 0 Å². The van der Waals surface area contributed by atoms with Crippen molar-refractivity contribution in [2.45, 2.75) is 20.0 Å². The number of carbonyl (C=O) groups excluding carboxylic acids is 1. The van der Waals surface area contributed by atoms with Gasteiger partial charge in [0.15, 0.2) is 11.5 Å². The molecule has 2 heterocycles. The van der Waals surface area contributed by atoms with Crippen molar-refractivity contribution in [2.24, 2.45) is 7.05 Å². The van der Waals surface area contributed by atoms with E-state index in [0.29, 0.717) is 51.0 Å². The number of hydrogen-bond donors (Lipinski definition) is 2. The van der Waals surface area contributed by atoms with Gasteiger partial charge in [0.25, 0.3) is 11.5 Å². The molecule has 1 amide bonds. The standard InChI is InChI=1S/C31H30N4O6/c1-19(36)18-40-28-17-25-24(16-27(28)39-4)26(14-15-32-25)41-23-12-10-21(11-13-23)33-30(37)29-20(2)34(3)35(31(29)38)22-8-6-5-7-9-22/h5-17,19,36H,18H2,1-4H3,(H,33,37)/t19-/m0/s1. The van der Waals surface area contributed by atoms with E-state index in [2.05, 4.69) is 10.3 Å². The number of nitrogens with zero attached hydrogens (tertiary/aromatic N) is 3. The number of aromatic nitrogens is 3. The van der Waals surface area contributed by atoms with Gasteiger partial charge in [0.05, 0.1) is 30.1 Å². The summed E-state index contributed by atoms with van der Waals surface area (Å²) in [7, 11) is 3.28. The smallest absolute Gasteiger partial charge is 0.284 e. The number of nitrogens with one attached hydrogen (secondary N) is 1. The van der Waals surface area contributed by atoms with Crippen LogP contribution in [-0.4, -0.2) is 45.2 Å². The summed E-state index contributed by atoms with van der Waals surface area (Å²) in [6.45, 7) is 3.50. The van der Waals surface area contributed by atoms with E-state index < -0.39 is 17.6 Å². The Morgan fingerprint density at radius 1 is 1.02 bits per heavy atom. The number of hydrogen-bond acceptors (Lipinski definition) is 7. The second-order valence-electron chi connectivity index (χ2n) is 9.51. The van der Waals surface area contributed by atoms with E-state index in [0.717, 1.165) is 0 Å². The first kappa shape index (κ1) is 27.5. The minimum absolute atomic E-state index is 0.0747. The lowest BCUT2D eigenvalue weighted by molar-refractivity contribution is 0.102. The molecule has 10 heteroatoms. The monoisotopic (exact) mass is 554 g/mol. The van der Waals surface area contributed by atoms with Gasteiger partial charge in [-0.3, -0.25) is 19.3 Å². The molecule has 0 aliphatic heterocycles. The molecule has 0 unspecified atom stereocenters. The summed E-state index contributed by atoms with van der Waals surface area (Å²) in [5.41, 5.74) is 2.05. The fraction of sp³-hybridized carbons (Fsp3) is 0.194. The first-order valence-electron chi connectivity index (χ1n) is 13.0. The van der Waals surface area contributed by atoms with E-state index in [1.807, 2.05) is 30.3 Å². The maximum absolute atomic E-state index is 13.2. The molecule has 10 nitrogen and oxygen atoms in total. The average molecular weight is 555 g/mol. The Labute approximate surface area is 236 Å². The molecule has 210 valence electrons. The molecule has 0 spiro atoms. The Morgan fingerprint density at radius 2 is 1.76 bits per heavy atom. The van der Waals surface area contributed by atoms with Crippen LogP contribution in [-0.2, 0) is 7.05 Å². The Kier molecular flexibility index (Phi) is 7.75. The highest BCUT2D eigenvalue weighted by Crippen LogP contribution is 2.37. The number of para-hydroxylation sites is 1. The topological polar surface area (TPSA) is 117 Å². The first-order chi connectivity index (χ1) is 19.8. The fourth-order valence-corrected chi connectivity index (χ4v) is 4.46. The molecular weight excluding hydrogens is 524 g/mol. The summed E-state index contributed by atoms with van der Waals surface area (Å²) in [6.07, 6.45) is 0.997. The zero-order chi connectivity index (χ0) is 29.1. The minimum Gasteiger partial charge on any atom is -0.493 e. The third-order valence-corrected chi connectivity index (χ3v) is 6.59. The summed E-state index contributed by atoms with van der Waals surface area (Å²) in [6, 6.07) is 21.3. The minimum atomic E-state index is -0.629. The number of aliphatic hydroxyl groups excluding tert-OH is 1. The van der Waals surface area contributed by atoms with E-state index in [1.165, 1.54) is 11.8 Å². The first-order valence-corrected chi connectivity index (χ1v) is 13.0. The van der Waals surface area contributed by atoms with Crippen LogP contribution in [0.25, 0.3) is 16.6 Å². The number of aliphatic hydroxyl groups is 1. The third kappa shape index (κ3) is 5.64. The van der Waals surface area contributed by atoms with Crippen molar-refractivity contribution >= 4 is 22.5 Å². The second kappa shape index (κ2) is 11.6. The highest BCUT2D eigenvalue weighted by atomic mass is 16.5. The Balaban J connectivity index is 1.35. The van der Waals surface area contributed by atoms with Gasteiger partial charge >= 0.3 is 0 Å². The number of rotatable bonds is 9. The molecule has 0 bridgehead atoms. The van der Waals surface area contributed by atoms with Gasteiger partial charge in [0.2, 0.25) is 0 Å². The van der Waals surface area contributed by atoms with Gasteiger partial charge in [-0.2, -0.15) is 0 Å². The summed E-state index contributed by atoms with van der Waals surface area (Å²) in [4.78, 5) is 30.7. The van der Waals surface area contributed by atoms with Crippen LogP contribution in [0.1, 0.15) is 23.0 Å². The van der Waals surface area contributed by atoms with Crippen LogP contribution < -0.4 is 25.1 Å². The van der Waals surface area contributed by atoms with Crippen LogP contribution in [0.3, 0.4) is 0 Å². The lowest BCUT2D eigenvalue weighted by Crippen LogP contribution is -2.25. The molecule has 3 aromatic carbocycles. The predicted octanol–water partition coefficient (Wildman–Crippen LogP) is 4.85. The predicted molar refractivity (Wildman–Crippen MR) is 156 cm³/mol.